The van der Waals surface area contributed by atoms with Gasteiger partial charge in [-0.2, -0.15) is 0 Å². The van der Waals surface area contributed by atoms with Crippen molar-refractivity contribution in [3.05, 3.63) is 124 Å². The number of allylic oxidation sites excluding steroid dienone is 7. The van der Waals surface area contributed by atoms with Gasteiger partial charge < -0.3 is 10.2 Å². The lowest BCUT2D eigenvalue weighted by atomic mass is 9.64. The highest BCUT2D eigenvalue weighted by Gasteiger charge is 2.41. The molecular weight excluding hydrogens is 508 g/mol. The first-order valence-corrected chi connectivity index (χ1v) is 15.6. The van der Waals surface area contributed by atoms with E-state index in [0.29, 0.717) is 5.92 Å². The Balaban J connectivity index is 1.93. The molecule has 2 heteroatoms. The Morgan fingerprint density at radius 2 is 1.69 bits per heavy atom. The molecule has 2 unspecified atom stereocenters. The second-order valence-electron chi connectivity index (χ2n) is 12.7. The first kappa shape index (κ1) is 29.7. The molecule has 42 heavy (non-hydrogen) atoms. The standard InChI is InChI=1S/C40H48N2/c1-11-16-27(7)38(25(4)5)42-24-41-37-36-33(40(10,13-3)21-12-2)20-19-32(34-28(8)22-26(6)23-29(34)9)35(36)30-17-14-15-18-31(30)39(37)42/h11-12,14-19,21-23,33,41H,4,13,20,24H2,1-3,5-10H3/b16-11-,21-12?,38-27+. The van der Waals surface area contributed by atoms with E-state index in [0.717, 1.165) is 25.1 Å². The maximum Gasteiger partial charge on any atom is 0.0927 e. The van der Waals surface area contributed by atoms with Crippen LogP contribution in [-0.2, 0) is 0 Å². The normalized spacial score (nSPS) is 18.5. The summed E-state index contributed by atoms with van der Waals surface area (Å²) in [7, 11) is 0. The van der Waals surface area contributed by atoms with Gasteiger partial charge in [0.15, 0.2) is 0 Å². The van der Waals surface area contributed by atoms with Gasteiger partial charge in [-0.1, -0.05) is 92.8 Å². The molecule has 5 rings (SSSR count). The third-order valence-corrected chi connectivity index (χ3v) is 9.60. The van der Waals surface area contributed by atoms with Crippen molar-refractivity contribution < 1.29 is 0 Å². The molecule has 3 aromatic carbocycles. The van der Waals surface area contributed by atoms with Crippen molar-refractivity contribution in [1.29, 1.82) is 0 Å². The fraction of sp³-hybridized carbons (Fsp3) is 0.350. The topological polar surface area (TPSA) is 15.3 Å². The number of hydrogen-bond donors (Lipinski definition) is 1. The van der Waals surface area contributed by atoms with Gasteiger partial charge >= 0.3 is 0 Å². The number of benzene rings is 3. The van der Waals surface area contributed by atoms with E-state index in [2.05, 4.69) is 146 Å². The van der Waals surface area contributed by atoms with Crippen LogP contribution in [0.1, 0.15) is 93.7 Å². The van der Waals surface area contributed by atoms with Gasteiger partial charge in [-0.05, 0) is 123 Å². The fourth-order valence-corrected chi connectivity index (χ4v) is 7.82. The highest BCUT2D eigenvalue weighted by Crippen LogP contribution is 2.58. The third-order valence-electron chi connectivity index (χ3n) is 9.60. The molecule has 1 heterocycles. The lowest BCUT2D eigenvalue weighted by Crippen LogP contribution is -2.26. The molecule has 2 atom stereocenters. The number of anilines is 2. The van der Waals surface area contributed by atoms with Gasteiger partial charge in [0.25, 0.3) is 0 Å². The van der Waals surface area contributed by atoms with Crippen molar-refractivity contribution in [3.63, 3.8) is 0 Å². The van der Waals surface area contributed by atoms with E-state index in [1.165, 1.54) is 72.4 Å². The zero-order chi connectivity index (χ0) is 30.3. The van der Waals surface area contributed by atoms with Gasteiger partial charge in [0, 0.05) is 11.1 Å². The van der Waals surface area contributed by atoms with E-state index in [9.17, 15) is 0 Å². The molecular formula is C40H48N2. The van der Waals surface area contributed by atoms with Crippen molar-refractivity contribution in [2.75, 3.05) is 16.9 Å². The smallest absolute Gasteiger partial charge is 0.0927 e. The second-order valence-corrected chi connectivity index (χ2v) is 12.7. The summed E-state index contributed by atoms with van der Waals surface area (Å²) in [6.45, 7) is 25.3. The van der Waals surface area contributed by atoms with Crippen LogP contribution in [0.2, 0.25) is 0 Å². The summed E-state index contributed by atoms with van der Waals surface area (Å²) in [5.41, 5.74) is 15.8. The molecule has 0 radical (unpaired) electrons. The molecule has 2 nitrogen and oxygen atoms in total. The number of aryl methyl sites for hydroxylation is 3. The summed E-state index contributed by atoms with van der Waals surface area (Å²) in [5, 5.41) is 6.58. The SMILES string of the molecule is C=C(C)/C(=C(C)\C=C/C)N1CNc2c3c(c4ccccc4c21)C(c1c(C)cc(C)cc1C)=CCC3C(C)(C=CC)CC. The van der Waals surface area contributed by atoms with Crippen molar-refractivity contribution in [1.82, 2.24) is 0 Å². The van der Waals surface area contributed by atoms with Crippen LogP contribution in [0.3, 0.4) is 0 Å². The Morgan fingerprint density at radius 1 is 1.02 bits per heavy atom. The molecule has 0 spiro atoms. The molecule has 1 aliphatic heterocycles. The molecule has 0 saturated heterocycles. The van der Waals surface area contributed by atoms with E-state index in [-0.39, 0.29) is 5.41 Å². The van der Waals surface area contributed by atoms with Crippen LogP contribution in [0.15, 0.2) is 90.2 Å². The van der Waals surface area contributed by atoms with Gasteiger partial charge in [0.1, 0.15) is 0 Å². The predicted molar refractivity (Wildman–Crippen MR) is 186 cm³/mol. The van der Waals surface area contributed by atoms with Crippen molar-refractivity contribution in [3.8, 4) is 0 Å². The fourth-order valence-electron chi connectivity index (χ4n) is 7.82. The van der Waals surface area contributed by atoms with Crippen LogP contribution < -0.4 is 10.2 Å². The molecule has 0 fully saturated rings. The van der Waals surface area contributed by atoms with Crippen molar-refractivity contribution in [2.45, 2.75) is 81.1 Å². The molecule has 0 aromatic heterocycles. The van der Waals surface area contributed by atoms with Crippen LogP contribution in [0.5, 0.6) is 0 Å². The average molecular weight is 557 g/mol. The summed E-state index contributed by atoms with van der Waals surface area (Å²) >= 11 is 0. The maximum absolute atomic E-state index is 4.43. The predicted octanol–water partition coefficient (Wildman–Crippen LogP) is 11.3. The molecule has 2 aliphatic rings. The molecule has 1 aliphatic carbocycles. The molecule has 0 saturated carbocycles. The first-order chi connectivity index (χ1) is 20.1. The summed E-state index contributed by atoms with van der Waals surface area (Å²) in [6.07, 6.45) is 13.7. The van der Waals surface area contributed by atoms with E-state index < -0.39 is 0 Å². The van der Waals surface area contributed by atoms with E-state index >= 15 is 0 Å². The highest BCUT2D eigenvalue weighted by molar-refractivity contribution is 6.12. The molecule has 0 bridgehead atoms. The first-order valence-electron chi connectivity index (χ1n) is 15.6. The van der Waals surface area contributed by atoms with E-state index in [4.69, 9.17) is 0 Å². The highest BCUT2D eigenvalue weighted by atomic mass is 15.3. The van der Waals surface area contributed by atoms with Crippen LogP contribution in [0, 0.1) is 26.2 Å². The lowest BCUT2D eigenvalue weighted by Gasteiger charge is -2.40. The number of rotatable bonds is 7. The van der Waals surface area contributed by atoms with Crippen LogP contribution in [0.4, 0.5) is 11.4 Å². The zero-order valence-corrected chi connectivity index (χ0v) is 27.2. The van der Waals surface area contributed by atoms with Crippen LogP contribution in [-0.4, -0.2) is 6.67 Å². The summed E-state index contributed by atoms with van der Waals surface area (Å²) in [4.78, 5) is 2.48. The van der Waals surface area contributed by atoms with Gasteiger partial charge in [0.2, 0.25) is 0 Å². The molecule has 218 valence electrons. The number of fused-ring (bicyclic) bond motifs is 6. The average Bonchev–Trinajstić information content (AvgIpc) is 3.37. The Morgan fingerprint density at radius 3 is 2.29 bits per heavy atom. The van der Waals surface area contributed by atoms with Gasteiger partial charge in [-0.15, -0.1) is 0 Å². The van der Waals surface area contributed by atoms with Gasteiger partial charge in [0.05, 0.1) is 18.0 Å². The van der Waals surface area contributed by atoms with Crippen LogP contribution in [0.25, 0.3) is 16.3 Å². The number of nitrogens with one attached hydrogen (secondary N) is 1. The zero-order valence-electron chi connectivity index (χ0n) is 27.2. The monoisotopic (exact) mass is 556 g/mol. The number of hydrogen-bond acceptors (Lipinski definition) is 2. The molecule has 1 N–H and O–H groups in total. The second kappa shape index (κ2) is 11.5. The summed E-state index contributed by atoms with van der Waals surface area (Å²) in [5.74, 6) is 0.350. The van der Waals surface area contributed by atoms with Gasteiger partial charge in [-0.3, -0.25) is 0 Å². The van der Waals surface area contributed by atoms with E-state index in [1.807, 2.05) is 0 Å². The summed E-state index contributed by atoms with van der Waals surface area (Å²) < 4.78 is 0. The van der Waals surface area contributed by atoms with E-state index in [1.54, 1.807) is 0 Å². The number of nitrogens with zero attached hydrogens (tertiary/aromatic N) is 1. The van der Waals surface area contributed by atoms with Crippen LogP contribution >= 0.6 is 0 Å². The Bertz CT molecular complexity index is 1670. The molecule has 3 aromatic rings. The summed E-state index contributed by atoms with van der Waals surface area (Å²) in [6, 6.07) is 13.8. The van der Waals surface area contributed by atoms with Crippen molar-refractivity contribution in [2.24, 2.45) is 5.41 Å². The third kappa shape index (κ3) is 4.75. The lowest BCUT2D eigenvalue weighted by molar-refractivity contribution is 0.322. The Labute approximate surface area is 254 Å². The van der Waals surface area contributed by atoms with Crippen molar-refractivity contribution >= 4 is 27.7 Å². The minimum absolute atomic E-state index is 0.0299. The Kier molecular flexibility index (Phi) is 8.12. The minimum Gasteiger partial charge on any atom is -0.365 e. The largest absolute Gasteiger partial charge is 0.365 e. The van der Waals surface area contributed by atoms with Gasteiger partial charge in [-0.25, -0.2) is 0 Å². The quantitative estimate of drug-likeness (QED) is 0.230. The molecule has 0 amide bonds. The maximum atomic E-state index is 4.43. The Hall–Kier alpha value is -3.78. The minimum atomic E-state index is 0.0299.